The summed E-state index contributed by atoms with van der Waals surface area (Å²) >= 11 is 0. The minimum atomic E-state index is -3.40. The molecule has 63 heavy (non-hydrogen) atoms. The van der Waals surface area contributed by atoms with Gasteiger partial charge in [-0.15, -0.1) is 0 Å². The molecule has 1 heterocycles. The molecule has 0 radical (unpaired) electrons. The normalized spacial score (nSPS) is 14.3. The maximum atomic E-state index is 16.2. The highest BCUT2D eigenvalue weighted by atomic mass is 31.2. The fraction of sp³-hybridized carbons (Fsp3) is 0.167. The monoisotopic (exact) mass is 837 g/mol. The molecule has 1 aliphatic carbocycles. The van der Waals surface area contributed by atoms with E-state index in [1.54, 1.807) is 0 Å². The second kappa shape index (κ2) is 18.8. The predicted molar refractivity (Wildman–Crippen MR) is 270 cm³/mol. The summed E-state index contributed by atoms with van der Waals surface area (Å²) in [7, 11) is -3.40. The lowest BCUT2D eigenvalue weighted by Crippen LogP contribution is -2.31. The molecule has 0 aliphatic heterocycles. The zero-order valence-electron chi connectivity index (χ0n) is 37.4. The van der Waals surface area contributed by atoms with Crippen LogP contribution in [-0.2, 0) is 16.4 Å². The third-order valence-electron chi connectivity index (χ3n) is 12.3. The predicted octanol–water partition coefficient (Wildman–Crippen LogP) is 15.6. The third kappa shape index (κ3) is 8.00. The standard InChI is InChI=1S/C60H56NOP/c1-7-11-23-48(10-4)60(49-34-28-44(5)29-35-49,50-36-30-45(6)31-37-50)51-38-41-59-56(42-51)57-43-55(63(62,53(19-8-2)20-9-3)54-24-16-13-17-25-54)26-18-27-58(57)61(59)52-39-32-47(33-40-52)46-21-14-12-15-22-46/h8,10-17,19-25,28-43H,7,9,27H2,1-6H3/b19-8-,23-11-,48-10+,53-20+. The second-order valence-corrected chi connectivity index (χ2v) is 19.1. The molecule has 0 fully saturated rings. The Balaban J connectivity index is 1.48. The van der Waals surface area contributed by atoms with Crippen LogP contribution in [0, 0.1) is 25.7 Å². The van der Waals surface area contributed by atoms with Gasteiger partial charge >= 0.3 is 0 Å². The third-order valence-corrected chi connectivity index (χ3v) is 15.4. The highest BCUT2D eigenvalue weighted by molar-refractivity contribution is 7.80. The van der Waals surface area contributed by atoms with Crippen molar-refractivity contribution in [2.75, 3.05) is 0 Å². The molecule has 0 spiro atoms. The number of hydrogen-bond donors (Lipinski definition) is 0. The first-order valence-corrected chi connectivity index (χ1v) is 24.0. The van der Waals surface area contributed by atoms with E-state index >= 15 is 4.57 Å². The number of aromatic nitrogens is 1. The van der Waals surface area contributed by atoms with Gasteiger partial charge in [-0.3, -0.25) is 0 Å². The molecule has 1 atom stereocenters. The van der Waals surface area contributed by atoms with Gasteiger partial charge in [0.05, 0.1) is 22.7 Å². The van der Waals surface area contributed by atoms with Crippen LogP contribution in [0.5, 0.6) is 0 Å². The quantitative estimate of drug-likeness (QED) is 0.0491. The molecule has 0 saturated carbocycles. The summed E-state index contributed by atoms with van der Waals surface area (Å²) in [6.07, 6.45) is 17.3. The van der Waals surface area contributed by atoms with Gasteiger partial charge < -0.3 is 9.13 Å². The molecule has 1 aromatic heterocycles. The maximum absolute atomic E-state index is 16.2. The van der Waals surface area contributed by atoms with E-state index in [0.717, 1.165) is 62.4 Å². The van der Waals surface area contributed by atoms with Gasteiger partial charge in [0.25, 0.3) is 0 Å². The fourth-order valence-corrected chi connectivity index (χ4v) is 12.1. The molecule has 6 aromatic carbocycles. The first kappa shape index (κ1) is 43.0. The summed E-state index contributed by atoms with van der Waals surface area (Å²) in [5.41, 5.74) is 13.1. The van der Waals surface area contributed by atoms with Crippen molar-refractivity contribution in [1.82, 2.24) is 4.57 Å². The number of nitrogens with zero attached hydrogens (tertiary/aromatic N) is 1. The zero-order chi connectivity index (χ0) is 44.0. The summed E-state index contributed by atoms with van der Waals surface area (Å²) in [5, 5.41) is 3.33. The van der Waals surface area contributed by atoms with Crippen LogP contribution >= 0.6 is 7.14 Å². The van der Waals surface area contributed by atoms with E-state index in [0.29, 0.717) is 11.7 Å². The molecule has 0 amide bonds. The number of allylic oxidation sites excluding steroid dienone is 9. The lowest BCUT2D eigenvalue weighted by atomic mass is 9.64. The van der Waals surface area contributed by atoms with Gasteiger partial charge in [0.15, 0.2) is 7.14 Å². The number of fused-ring (bicyclic) bond motifs is 3. The number of aryl methyl sites for hydroxylation is 2. The van der Waals surface area contributed by atoms with Crippen LogP contribution in [0.25, 0.3) is 33.8 Å². The van der Waals surface area contributed by atoms with Crippen molar-refractivity contribution in [3.8, 4) is 28.7 Å². The van der Waals surface area contributed by atoms with Crippen molar-refractivity contribution in [3.05, 3.63) is 243 Å². The van der Waals surface area contributed by atoms with Crippen LogP contribution in [0.1, 0.15) is 79.6 Å². The first-order valence-electron chi connectivity index (χ1n) is 22.3. The van der Waals surface area contributed by atoms with Gasteiger partial charge in [-0.05, 0) is 104 Å². The Labute approximate surface area is 375 Å². The summed E-state index contributed by atoms with van der Waals surface area (Å²) < 4.78 is 18.5. The molecule has 8 rings (SSSR count). The van der Waals surface area contributed by atoms with E-state index in [1.807, 2.05) is 49.4 Å². The van der Waals surface area contributed by atoms with Crippen LogP contribution < -0.4 is 5.30 Å². The Bertz CT molecular complexity index is 2970. The van der Waals surface area contributed by atoms with E-state index in [-0.39, 0.29) is 0 Å². The fourth-order valence-electron chi connectivity index (χ4n) is 9.26. The van der Waals surface area contributed by atoms with Gasteiger partial charge in [-0.25, -0.2) is 0 Å². The molecule has 0 N–H and O–H groups in total. The number of rotatable bonds is 13. The Kier molecular flexibility index (Phi) is 12.8. The lowest BCUT2D eigenvalue weighted by molar-refractivity contribution is 0.590. The van der Waals surface area contributed by atoms with E-state index in [4.69, 9.17) is 0 Å². The molecule has 1 aliphatic rings. The van der Waals surface area contributed by atoms with E-state index < -0.39 is 12.6 Å². The van der Waals surface area contributed by atoms with Crippen LogP contribution in [0.4, 0.5) is 0 Å². The highest BCUT2D eigenvalue weighted by Crippen LogP contribution is 2.61. The van der Waals surface area contributed by atoms with E-state index in [2.05, 4.69) is 203 Å². The molecular weight excluding hydrogens is 782 g/mol. The summed E-state index contributed by atoms with van der Waals surface area (Å²) in [6.45, 7) is 12.7. The zero-order valence-corrected chi connectivity index (χ0v) is 38.3. The van der Waals surface area contributed by atoms with Gasteiger partial charge in [-0.2, -0.15) is 0 Å². The molecule has 0 saturated heterocycles. The minimum absolute atomic E-state index is 0.492. The summed E-state index contributed by atoms with van der Waals surface area (Å²) in [5.74, 6) is 7.08. The van der Waals surface area contributed by atoms with Gasteiger partial charge in [0.1, 0.15) is 0 Å². The molecule has 2 nitrogen and oxygen atoms in total. The molecule has 7 aromatic rings. The van der Waals surface area contributed by atoms with Crippen LogP contribution in [0.2, 0.25) is 0 Å². The number of benzene rings is 6. The second-order valence-electron chi connectivity index (χ2n) is 16.4. The van der Waals surface area contributed by atoms with E-state index in [1.165, 1.54) is 33.4 Å². The van der Waals surface area contributed by atoms with Crippen LogP contribution in [-0.4, -0.2) is 4.57 Å². The van der Waals surface area contributed by atoms with Crippen molar-refractivity contribution in [2.24, 2.45) is 0 Å². The highest BCUT2D eigenvalue weighted by Gasteiger charge is 2.40. The van der Waals surface area contributed by atoms with Crippen LogP contribution in [0.15, 0.2) is 204 Å². The SMILES string of the molecule is C/C=C\C(=C/CC)P(=O)(C1=Cc2c(n(-c3ccc(-c4ccccc4)cc3)c3ccc(C(C(/C=C\CC)=C/C)(c4ccc(C)cc4)c4ccc(C)cc4)cc23)CC#C1)c1ccccc1. The Morgan fingerprint density at radius 1 is 0.698 bits per heavy atom. The van der Waals surface area contributed by atoms with Crippen molar-refractivity contribution in [3.63, 3.8) is 0 Å². The molecule has 0 bridgehead atoms. The summed E-state index contributed by atoms with van der Waals surface area (Å²) in [4.78, 5) is 0. The Morgan fingerprint density at radius 3 is 1.89 bits per heavy atom. The molecule has 1 unspecified atom stereocenters. The van der Waals surface area contributed by atoms with Crippen molar-refractivity contribution in [1.29, 1.82) is 0 Å². The smallest absolute Gasteiger partial charge is 0.178 e. The average Bonchev–Trinajstić information content (AvgIpc) is 3.45. The summed E-state index contributed by atoms with van der Waals surface area (Å²) in [6, 6.07) is 54.5. The van der Waals surface area contributed by atoms with Crippen LogP contribution in [0.3, 0.4) is 0 Å². The molecular formula is C60H56NOP. The van der Waals surface area contributed by atoms with Gasteiger partial charge in [-0.1, -0.05) is 201 Å². The van der Waals surface area contributed by atoms with E-state index in [9.17, 15) is 0 Å². The number of hydrogen-bond acceptors (Lipinski definition) is 1. The van der Waals surface area contributed by atoms with Crippen molar-refractivity contribution < 1.29 is 4.57 Å². The Morgan fingerprint density at radius 2 is 1.30 bits per heavy atom. The molecule has 3 heteroatoms. The average molecular weight is 838 g/mol. The first-order chi connectivity index (χ1) is 30.8. The minimum Gasteiger partial charge on any atom is -0.312 e. The molecule has 312 valence electrons. The largest absolute Gasteiger partial charge is 0.312 e. The lowest BCUT2D eigenvalue weighted by Gasteiger charge is -2.38. The topological polar surface area (TPSA) is 22.0 Å². The van der Waals surface area contributed by atoms with Crippen molar-refractivity contribution >= 4 is 29.4 Å². The van der Waals surface area contributed by atoms with Gasteiger partial charge in [0.2, 0.25) is 0 Å². The van der Waals surface area contributed by atoms with Gasteiger partial charge in [0, 0.05) is 32.9 Å². The Hall–Kier alpha value is -6.65. The van der Waals surface area contributed by atoms with Crippen molar-refractivity contribution in [2.45, 2.75) is 66.2 Å². The maximum Gasteiger partial charge on any atom is 0.178 e.